The van der Waals surface area contributed by atoms with Crippen molar-refractivity contribution in [3.63, 3.8) is 0 Å². The van der Waals surface area contributed by atoms with Gasteiger partial charge in [0, 0.05) is 6.54 Å². The Morgan fingerprint density at radius 1 is 1.05 bits per heavy atom. The van der Waals surface area contributed by atoms with Crippen molar-refractivity contribution in [1.29, 1.82) is 0 Å². The molecular weight excluding hydrogens is 336 g/mol. The molecule has 1 N–H and O–H groups in total. The van der Waals surface area contributed by atoms with E-state index in [1.807, 2.05) is 0 Å². The lowest BCUT2D eigenvalue weighted by atomic mass is 10.1. The molecule has 2 aromatic carbocycles. The third-order valence-electron chi connectivity index (χ3n) is 2.82. The minimum absolute atomic E-state index is 0.134. The van der Waals surface area contributed by atoms with Crippen LogP contribution in [0, 0.1) is 5.82 Å². The zero-order valence-electron chi connectivity index (χ0n) is 10.8. The average Bonchev–Trinajstić information content (AvgIpc) is 2.43. The van der Waals surface area contributed by atoms with Crippen LogP contribution in [0.1, 0.15) is 5.56 Å². The summed E-state index contributed by atoms with van der Waals surface area (Å²) < 4.78 is 39.8. The van der Waals surface area contributed by atoms with Gasteiger partial charge in [0.25, 0.3) is 0 Å². The van der Waals surface area contributed by atoms with E-state index >= 15 is 0 Å². The van der Waals surface area contributed by atoms with Crippen molar-refractivity contribution < 1.29 is 12.8 Å². The third-order valence-corrected chi connectivity index (χ3v) is 5.05. The largest absolute Gasteiger partial charge is 0.243 e. The van der Waals surface area contributed by atoms with E-state index in [4.69, 9.17) is 23.2 Å². The first-order valence-corrected chi connectivity index (χ1v) is 8.32. The summed E-state index contributed by atoms with van der Waals surface area (Å²) in [6.45, 7) is 0.134. The minimum atomic E-state index is -3.86. The molecule has 0 spiro atoms. The summed E-state index contributed by atoms with van der Waals surface area (Å²) in [6, 6.07) is 10.3. The number of rotatable bonds is 5. The summed E-state index contributed by atoms with van der Waals surface area (Å²) in [5.41, 5.74) is 0.834. The minimum Gasteiger partial charge on any atom is -0.211 e. The van der Waals surface area contributed by atoms with Crippen LogP contribution in [0.15, 0.2) is 47.4 Å². The zero-order valence-corrected chi connectivity index (χ0v) is 13.1. The van der Waals surface area contributed by atoms with Gasteiger partial charge in [-0.15, -0.1) is 0 Å². The van der Waals surface area contributed by atoms with Gasteiger partial charge in [-0.05, 0) is 36.2 Å². The van der Waals surface area contributed by atoms with Crippen LogP contribution in [-0.4, -0.2) is 15.0 Å². The van der Waals surface area contributed by atoms with Gasteiger partial charge in [-0.2, -0.15) is 0 Å². The van der Waals surface area contributed by atoms with Crippen molar-refractivity contribution in [1.82, 2.24) is 4.72 Å². The molecule has 0 aliphatic heterocycles. The molecular formula is C14H12Cl2FNO2S. The van der Waals surface area contributed by atoms with Crippen molar-refractivity contribution >= 4 is 33.2 Å². The molecule has 0 unspecified atom stereocenters. The molecule has 0 amide bonds. The standard InChI is InChI=1S/C14H12Cl2FNO2S/c15-11-6-5-10(9-12(11)16)7-8-18-21(19,20)14-4-2-1-3-13(14)17/h1-6,9,18H,7-8H2. The normalized spacial score (nSPS) is 11.6. The molecule has 0 aromatic heterocycles. The number of hydrogen-bond acceptors (Lipinski definition) is 2. The van der Waals surface area contributed by atoms with Gasteiger partial charge in [0.2, 0.25) is 10.0 Å². The molecule has 3 nitrogen and oxygen atoms in total. The molecule has 2 rings (SSSR count). The van der Waals surface area contributed by atoms with Gasteiger partial charge in [0.05, 0.1) is 10.0 Å². The lowest BCUT2D eigenvalue weighted by molar-refractivity contribution is 0.557. The molecule has 0 radical (unpaired) electrons. The van der Waals surface area contributed by atoms with E-state index in [0.717, 1.165) is 11.6 Å². The van der Waals surface area contributed by atoms with E-state index in [-0.39, 0.29) is 11.4 Å². The Kier molecular flexibility index (Phi) is 5.22. The average molecular weight is 348 g/mol. The Balaban J connectivity index is 2.02. The fourth-order valence-electron chi connectivity index (χ4n) is 1.77. The molecule has 112 valence electrons. The van der Waals surface area contributed by atoms with Crippen molar-refractivity contribution in [2.45, 2.75) is 11.3 Å². The Morgan fingerprint density at radius 3 is 2.43 bits per heavy atom. The van der Waals surface area contributed by atoms with Gasteiger partial charge < -0.3 is 0 Å². The summed E-state index contributed by atoms with van der Waals surface area (Å²) in [5, 5.41) is 0.846. The number of hydrogen-bond donors (Lipinski definition) is 1. The molecule has 0 saturated carbocycles. The lowest BCUT2D eigenvalue weighted by Crippen LogP contribution is -2.26. The summed E-state index contributed by atoms with van der Waals surface area (Å²) >= 11 is 11.7. The topological polar surface area (TPSA) is 46.2 Å². The summed E-state index contributed by atoms with van der Waals surface area (Å²) in [5.74, 6) is -0.778. The van der Waals surface area contributed by atoms with Gasteiger partial charge in [0.15, 0.2) is 0 Å². The molecule has 0 aliphatic carbocycles. The monoisotopic (exact) mass is 347 g/mol. The second-order valence-corrected chi connectivity index (χ2v) is 6.88. The van der Waals surface area contributed by atoms with E-state index in [1.54, 1.807) is 18.2 Å². The second-order valence-electron chi connectivity index (χ2n) is 4.33. The zero-order chi connectivity index (χ0) is 15.5. The van der Waals surface area contributed by atoms with E-state index in [2.05, 4.69) is 4.72 Å². The molecule has 2 aromatic rings. The molecule has 0 atom stereocenters. The van der Waals surface area contributed by atoms with E-state index in [1.165, 1.54) is 18.2 Å². The third kappa shape index (κ3) is 4.17. The first-order chi connectivity index (χ1) is 9.90. The highest BCUT2D eigenvalue weighted by Crippen LogP contribution is 2.22. The summed E-state index contributed by atoms with van der Waals surface area (Å²) in [4.78, 5) is -0.362. The number of halogens is 3. The van der Waals surface area contributed by atoms with Crippen LogP contribution in [0.25, 0.3) is 0 Å². The molecule has 0 bridgehead atoms. The lowest BCUT2D eigenvalue weighted by Gasteiger charge is -2.08. The Bertz CT molecular complexity index is 750. The van der Waals surface area contributed by atoms with Gasteiger partial charge >= 0.3 is 0 Å². The SMILES string of the molecule is O=S(=O)(NCCc1ccc(Cl)c(Cl)c1)c1ccccc1F. The number of sulfonamides is 1. The Hall–Kier alpha value is -1.14. The van der Waals surface area contributed by atoms with E-state index < -0.39 is 15.8 Å². The van der Waals surface area contributed by atoms with Crippen molar-refractivity contribution in [3.8, 4) is 0 Å². The maximum Gasteiger partial charge on any atom is 0.243 e. The van der Waals surface area contributed by atoms with Crippen LogP contribution in [0.2, 0.25) is 10.0 Å². The highest BCUT2D eigenvalue weighted by Gasteiger charge is 2.17. The maximum absolute atomic E-state index is 13.5. The van der Waals surface area contributed by atoms with Crippen LogP contribution < -0.4 is 4.72 Å². The Morgan fingerprint density at radius 2 is 1.76 bits per heavy atom. The highest BCUT2D eigenvalue weighted by molar-refractivity contribution is 7.89. The molecule has 7 heteroatoms. The quantitative estimate of drug-likeness (QED) is 0.897. The fourth-order valence-corrected chi connectivity index (χ4v) is 3.19. The van der Waals surface area contributed by atoms with E-state index in [0.29, 0.717) is 16.5 Å². The van der Waals surface area contributed by atoms with Crippen LogP contribution in [-0.2, 0) is 16.4 Å². The van der Waals surface area contributed by atoms with Crippen LogP contribution in [0.3, 0.4) is 0 Å². The highest BCUT2D eigenvalue weighted by atomic mass is 35.5. The maximum atomic E-state index is 13.5. The predicted molar refractivity (Wildman–Crippen MR) is 81.8 cm³/mol. The summed E-state index contributed by atoms with van der Waals surface area (Å²) in [7, 11) is -3.86. The summed E-state index contributed by atoms with van der Waals surface area (Å²) in [6.07, 6.45) is 0.421. The van der Waals surface area contributed by atoms with Crippen LogP contribution in [0.4, 0.5) is 4.39 Å². The van der Waals surface area contributed by atoms with Crippen molar-refractivity contribution in [2.24, 2.45) is 0 Å². The van der Waals surface area contributed by atoms with Crippen molar-refractivity contribution in [2.75, 3.05) is 6.54 Å². The van der Waals surface area contributed by atoms with Gasteiger partial charge in [-0.1, -0.05) is 41.4 Å². The molecule has 0 aliphatic rings. The fraction of sp³-hybridized carbons (Fsp3) is 0.143. The number of nitrogens with one attached hydrogen (secondary N) is 1. The van der Waals surface area contributed by atoms with Gasteiger partial charge in [-0.25, -0.2) is 17.5 Å². The first-order valence-electron chi connectivity index (χ1n) is 6.08. The predicted octanol–water partition coefficient (Wildman–Crippen LogP) is 3.65. The second kappa shape index (κ2) is 6.75. The molecule has 21 heavy (non-hydrogen) atoms. The van der Waals surface area contributed by atoms with Gasteiger partial charge in [-0.3, -0.25) is 0 Å². The van der Waals surface area contributed by atoms with Gasteiger partial charge in [0.1, 0.15) is 10.7 Å². The van der Waals surface area contributed by atoms with E-state index in [9.17, 15) is 12.8 Å². The molecule has 0 fully saturated rings. The first kappa shape index (κ1) is 16.2. The van der Waals surface area contributed by atoms with Crippen LogP contribution in [0.5, 0.6) is 0 Å². The molecule has 0 heterocycles. The number of benzene rings is 2. The Labute approximate surface area is 132 Å². The smallest absolute Gasteiger partial charge is 0.211 e. The molecule has 0 saturated heterocycles. The van der Waals surface area contributed by atoms with Crippen molar-refractivity contribution in [3.05, 3.63) is 63.9 Å². The van der Waals surface area contributed by atoms with Crippen LogP contribution >= 0.6 is 23.2 Å².